The molecule has 1 unspecified atom stereocenters. The number of allylic oxidation sites excluding steroid dienone is 2. The molecule has 4 heterocycles. The zero-order valence-corrected chi connectivity index (χ0v) is 25.6. The molecule has 2 N–H and O–H groups in total. The molecule has 0 amide bonds. The molecule has 0 aliphatic carbocycles. The first-order valence-electron chi connectivity index (χ1n) is 16.2. The van der Waals surface area contributed by atoms with E-state index in [0.717, 1.165) is 40.4 Å². The molecule has 0 fully saturated rings. The molecular weight excluding hydrogens is 573 g/mol. The van der Waals surface area contributed by atoms with Gasteiger partial charge in [0.2, 0.25) is 0 Å². The SMILES string of the molecule is C1=CC(c2cccc(-c3ccc4ccc5cccc6ccc3c4c56)n2)NC(c2cccc(-n3c4c(c5ccccc53)CNC=C4)c2)=C1. The largest absolute Gasteiger partial charge is 0.387 e. The van der Waals surface area contributed by atoms with Gasteiger partial charge in [0, 0.05) is 34.4 Å². The van der Waals surface area contributed by atoms with Crippen LogP contribution in [0.2, 0.25) is 0 Å². The number of rotatable bonds is 4. The van der Waals surface area contributed by atoms with Crippen LogP contribution in [0.5, 0.6) is 0 Å². The van der Waals surface area contributed by atoms with Crippen molar-refractivity contribution in [2.45, 2.75) is 12.6 Å². The highest BCUT2D eigenvalue weighted by molar-refractivity contribution is 6.25. The van der Waals surface area contributed by atoms with Gasteiger partial charge in [-0.3, -0.25) is 4.98 Å². The number of aromatic nitrogens is 2. The van der Waals surface area contributed by atoms with Crippen molar-refractivity contribution in [1.29, 1.82) is 0 Å². The van der Waals surface area contributed by atoms with Crippen LogP contribution in [0.4, 0.5) is 0 Å². The molecule has 1 atom stereocenters. The summed E-state index contributed by atoms with van der Waals surface area (Å²) in [4.78, 5) is 5.26. The van der Waals surface area contributed by atoms with E-state index >= 15 is 0 Å². The maximum atomic E-state index is 5.26. The Morgan fingerprint density at radius 2 is 1.51 bits per heavy atom. The molecule has 47 heavy (non-hydrogen) atoms. The fraction of sp³-hybridized carbons (Fsp3) is 0.0465. The summed E-state index contributed by atoms with van der Waals surface area (Å²) in [6.07, 6.45) is 10.7. The van der Waals surface area contributed by atoms with Gasteiger partial charge in [-0.1, -0.05) is 103 Å². The van der Waals surface area contributed by atoms with Crippen LogP contribution in [0.3, 0.4) is 0 Å². The van der Waals surface area contributed by atoms with Crippen molar-refractivity contribution in [2.24, 2.45) is 0 Å². The van der Waals surface area contributed by atoms with E-state index in [4.69, 9.17) is 4.98 Å². The Balaban J connectivity index is 1.01. The standard InChI is InChI=1S/C43H30N4/c1-2-16-40-33(11-1)35-26-44-24-23-41(35)47(40)31-10-4-9-30(25-31)36-12-5-14-38(45-36)39-15-6-13-37(46-39)32-21-19-29-18-17-27-7-3-8-28-20-22-34(32)43(29)42(27)28/h1-25,38,44-45H,26H2. The number of pyridine rings is 1. The third kappa shape index (κ3) is 4.05. The van der Waals surface area contributed by atoms with Crippen molar-refractivity contribution < 1.29 is 0 Å². The second-order valence-corrected chi connectivity index (χ2v) is 12.5. The molecule has 10 rings (SSSR count). The minimum absolute atomic E-state index is 0.0485. The number of nitrogens with zero attached hydrogens (tertiary/aromatic N) is 2. The van der Waals surface area contributed by atoms with Gasteiger partial charge in [0.1, 0.15) is 0 Å². The molecule has 6 aromatic carbocycles. The Kier molecular flexibility index (Phi) is 5.67. The molecule has 0 saturated heterocycles. The first-order valence-corrected chi connectivity index (χ1v) is 16.2. The minimum atomic E-state index is -0.0485. The Bertz CT molecular complexity index is 2600. The van der Waals surface area contributed by atoms with Gasteiger partial charge in [0.05, 0.1) is 28.6 Å². The van der Waals surface area contributed by atoms with E-state index in [1.807, 2.05) is 6.20 Å². The third-order valence-electron chi connectivity index (χ3n) is 9.84. The van der Waals surface area contributed by atoms with Gasteiger partial charge >= 0.3 is 0 Å². The first-order chi connectivity index (χ1) is 23.3. The summed E-state index contributed by atoms with van der Waals surface area (Å²) < 4.78 is 2.38. The van der Waals surface area contributed by atoms with Crippen molar-refractivity contribution in [2.75, 3.05) is 0 Å². The van der Waals surface area contributed by atoms with Crippen LogP contribution < -0.4 is 10.6 Å². The Morgan fingerprint density at radius 3 is 2.45 bits per heavy atom. The van der Waals surface area contributed by atoms with Crippen LogP contribution in [0.1, 0.15) is 28.6 Å². The Hall–Kier alpha value is -6.13. The molecule has 0 bridgehead atoms. The topological polar surface area (TPSA) is 41.9 Å². The average Bonchev–Trinajstić information content (AvgIpc) is 3.48. The predicted octanol–water partition coefficient (Wildman–Crippen LogP) is 9.91. The summed E-state index contributed by atoms with van der Waals surface area (Å²) in [5, 5.41) is 16.2. The van der Waals surface area contributed by atoms with Gasteiger partial charge in [0.25, 0.3) is 0 Å². The highest BCUT2D eigenvalue weighted by atomic mass is 15.0. The molecule has 8 aromatic rings. The molecular formula is C43H30N4. The van der Waals surface area contributed by atoms with Crippen LogP contribution in [-0.4, -0.2) is 9.55 Å². The Morgan fingerprint density at radius 1 is 0.702 bits per heavy atom. The lowest BCUT2D eigenvalue weighted by molar-refractivity contribution is 0.737. The van der Waals surface area contributed by atoms with Crippen LogP contribution in [0.15, 0.2) is 146 Å². The van der Waals surface area contributed by atoms with Gasteiger partial charge in [-0.05, 0) is 86.6 Å². The lowest BCUT2D eigenvalue weighted by Crippen LogP contribution is -2.21. The quantitative estimate of drug-likeness (QED) is 0.197. The van der Waals surface area contributed by atoms with Crippen molar-refractivity contribution in [1.82, 2.24) is 20.2 Å². The second kappa shape index (κ2) is 10.2. The summed E-state index contributed by atoms with van der Waals surface area (Å²) in [5.74, 6) is 0. The molecule has 222 valence electrons. The van der Waals surface area contributed by atoms with Crippen LogP contribution in [0.25, 0.3) is 71.9 Å². The van der Waals surface area contributed by atoms with E-state index < -0.39 is 0 Å². The van der Waals surface area contributed by atoms with E-state index in [0.29, 0.717) is 0 Å². The molecule has 2 aliphatic rings. The van der Waals surface area contributed by atoms with Crippen molar-refractivity contribution >= 4 is 55.0 Å². The van der Waals surface area contributed by atoms with E-state index in [1.165, 1.54) is 54.5 Å². The molecule has 4 nitrogen and oxygen atoms in total. The van der Waals surface area contributed by atoms with E-state index in [2.05, 4.69) is 161 Å². The number of hydrogen-bond acceptors (Lipinski definition) is 3. The fourth-order valence-corrected chi connectivity index (χ4v) is 7.69. The number of benzene rings is 6. The number of dihydropyridines is 1. The molecule has 2 aliphatic heterocycles. The van der Waals surface area contributed by atoms with Crippen molar-refractivity contribution in [3.05, 3.63) is 168 Å². The summed E-state index contributed by atoms with van der Waals surface area (Å²) in [5.41, 5.74) is 10.3. The van der Waals surface area contributed by atoms with Gasteiger partial charge in [-0.25, -0.2) is 0 Å². The lowest BCUT2D eigenvalue weighted by Gasteiger charge is -2.23. The lowest BCUT2D eigenvalue weighted by atomic mass is 9.91. The van der Waals surface area contributed by atoms with E-state index in [9.17, 15) is 0 Å². The first kappa shape index (κ1) is 26.1. The summed E-state index contributed by atoms with van der Waals surface area (Å²) >= 11 is 0. The van der Waals surface area contributed by atoms with Crippen LogP contribution in [-0.2, 0) is 6.54 Å². The smallest absolute Gasteiger partial charge is 0.0873 e. The van der Waals surface area contributed by atoms with E-state index in [1.54, 1.807) is 0 Å². The maximum Gasteiger partial charge on any atom is 0.0873 e. The third-order valence-corrected chi connectivity index (χ3v) is 9.84. The number of fused-ring (bicyclic) bond motifs is 3. The van der Waals surface area contributed by atoms with Crippen molar-refractivity contribution in [3.63, 3.8) is 0 Å². The summed E-state index contributed by atoms with van der Waals surface area (Å²) in [7, 11) is 0. The van der Waals surface area contributed by atoms with E-state index in [-0.39, 0.29) is 6.04 Å². The summed E-state index contributed by atoms with van der Waals surface area (Å²) in [6.45, 7) is 0.832. The second-order valence-electron chi connectivity index (χ2n) is 12.5. The molecule has 0 spiro atoms. The highest BCUT2D eigenvalue weighted by Crippen LogP contribution is 2.39. The summed E-state index contributed by atoms with van der Waals surface area (Å²) in [6, 6.07) is 43.8. The fourth-order valence-electron chi connectivity index (χ4n) is 7.69. The number of para-hydroxylation sites is 1. The van der Waals surface area contributed by atoms with Crippen LogP contribution in [0, 0.1) is 0 Å². The number of nitrogens with one attached hydrogen (secondary N) is 2. The zero-order valence-electron chi connectivity index (χ0n) is 25.6. The van der Waals surface area contributed by atoms with Gasteiger partial charge in [0.15, 0.2) is 0 Å². The van der Waals surface area contributed by atoms with Gasteiger partial charge < -0.3 is 15.2 Å². The molecule has 2 aromatic heterocycles. The highest BCUT2D eigenvalue weighted by Gasteiger charge is 2.20. The predicted molar refractivity (Wildman–Crippen MR) is 196 cm³/mol. The maximum absolute atomic E-state index is 5.26. The van der Waals surface area contributed by atoms with Gasteiger partial charge in [-0.2, -0.15) is 0 Å². The van der Waals surface area contributed by atoms with Crippen LogP contribution >= 0.6 is 0 Å². The monoisotopic (exact) mass is 602 g/mol. The average molecular weight is 603 g/mol. The Labute approximate surface area is 272 Å². The van der Waals surface area contributed by atoms with Gasteiger partial charge in [-0.15, -0.1) is 0 Å². The zero-order chi connectivity index (χ0) is 30.9. The molecule has 4 heteroatoms. The van der Waals surface area contributed by atoms with Crippen molar-refractivity contribution in [3.8, 4) is 16.9 Å². The number of hydrogen-bond donors (Lipinski definition) is 2. The normalized spacial score (nSPS) is 15.7. The molecule has 0 saturated carbocycles. The molecule has 0 radical (unpaired) electrons. The minimum Gasteiger partial charge on any atom is -0.387 e.